The molecule has 2 heterocycles. The van der Waals surface area contributed by atoms with Crippen LogP contribution in [-0.4, -0.2) is 23.4 Å². The average molecular weight is 295 g/mol. The molecule has 0 spiro atoms. The van der Waals surface area contributed by atoms with Gasteiger partial charge in [0.05, 0.1) is 0 Å². The van der Waals surface area contributed by atoms with Crippen LogP contribution in [0, 0.1) is 0 Å². The molecular weight excluding hydrogens is 282 g/mol. The minimum atomic E-state index is -0.306. The van der Waals surface area contributed by atoms with Crippen LogP contribution in [0.5, 0.6) is 5.75 Å². The van der Waals surface area contributed by atoms with E-state index in [-0.39, 0.29) is 18.4 Å². The van der Waals surface area contributed by atoms with E-state index in [1.165, 1.54) is 6.08 Å². The van der Waals surface area contributed by atoms with E-state index in [4.69, 9.17) is 4.74 Å². The third-order valence-corrected chi connectivity index (χ3v) is 2.95. The second-order valence-corrected chi connectivity index (χ2v) is 4.61. The van der Waals surface area contributed by atoms with Gasteiger partial charge in [-0.15, -0.1) is 0 Å². The highest BCUT2D eigenvalue weighted by molar-refractivity contribution is 6.02. The molecule has 6 nitrogen and oxygen atoms in total. The molecule has 2 aromatic rings. The van der Waals surface area contributed by atoms with Gasteiger partial charge in [0.1, 0.15) is 5.82 Å². The number of amides is 2. The van der Waals surface area contributed by atoms with Gasteiger partial charge >= 0.3 is 0 Å². The standard InChI is InChI=1S/C16H13N3O3/c20-14(9-6-11-4-2-1-3-5-11)17-13-8-7-12-16(18-13)19-15(21)10-22-12/h1-9H,10H2,(H2,17,18,19,20,21)/b9-6+. The molecule has 1 aliphatic heterocycles. The molecule has 0 radical (unpaired) electrons. The lowest BCUT2D eigenvalue weighted by Crippen LogP contribution is -2.26. The van der Waals surface area contributed by atoms with Crippen molar-refractivity contribution in [2.24, 2.45) is 0 Å². The van der Waals surface area contributed by atoms with E-state index >= 15 is 0 Å². The van der Waals surface area contributed by atoms with Gasteiger partial charge in [-0.25, -0.2) is 4.98 Å². The van der Waals surface area contributed by atoms with Gasteiger partial charge in [0.25, 0.3) is 5.91 Å². The Morgan fingerprint density at radius 2 is 2.05 bits per heavy atom. The minimum Gasteiger partial charge on any atom is -0.480 e. The van der Waals surface area contributed by atoms with Gasteiger partial charge in [0.15, 0.2) is 18.2 Å². The summed E-state index contributed by atoms with van der Waals surface area (Å²) in [6.45, 7) is -0.0276. The summed E-state index contributed by atoms with van der Waals surface area (Å²) in [5.74, 6) is 0.553. The first kappa shape index (κ1) is 13.8. The van der Waals surface area contributed by atoms with Crippen molar-refractivity contribution in [1.29, 1.82) is 0 Å². The van der Waals surface area contributed by atoms with Crippen molar-refractivity contribution in [3.05, 3.63) is 54.1 Å². The summed E-state index contributed by atoms with van der Waals surface area (Å²) in [5.41, 5.74) is 0.928. The first-order valence-electron chi connectivity index (χ1n) is 6.68. The fourth-order valence-corrected chi connectivity index (χ4v) is 1.94. The molecule has 0 aliphatic carbocycles. The van der Waals surface area contributed by atoms with Gasteiger partial charge in [0, 0.05) is 6.08 Å². The highest BCUT2D eigenvalue weighted by Gasteiger charge is 2.17. The minimum absolute atomic E-state index is 0.0276. The molecule has 2 amide bonds. The Balaban J connectivity index is 1.68. The summed E-state index contributed by atoms with van der Waals surface area (Å²) in [6, 6.07) is 12.8. The molecule has 1 aromatic heterocycles. The maximum Gasteiger partial charge on any atom is 0.263 e. The van der Waals surface area contributed by atoms with Gasteiger partial charge in [-0.1, -0.05) is 30.3 Å². The molecule has 6 heteroatoms. The zero-order valence-electron chi connectivity index (χ0n) is 11.6. The maximum atomic E-state index is 11.9. The largest absolute Gasteiger partial charge is 0.480 e. The topological polar surface area (TPSA) is 80.3 Å². The molecule has 0 atom stereocenters. The first-order chi connectivity index (χ1) is 10.7. The lowest BCUT2D eigenvalue weighted by molar-refractivity contribution is -0.118. The molecule has 3 rings (SSSR count). The van der Waals surface area contributed by atoms with Gasteiger partial charge in [0.2, 0.25) is 5.91 Å². The van der Waals surface area contributed by atoms with Crippen molar-refractivity contribution in [3.63, 3.8) is 0 Å². The highest BCUT2D eigenvalue weighted by Crippen LogP contribution is 2.26. The van der Waals surface area contributed by atoms with E-state index in [1.807, 2.05) is 30.3 Å². The number of fused-ring (bicyclic) bond motifs is 1. The predicted octanol–water partition coefficient (Wildman–Crippen LogP) is 2.06. The summed E-state index contributed by atoms with van der Waals surface area (Å²) >= 11 is 0. The van der Waals surface area contributed by atoms with E-state index < -0.39 is 0 Å². The van der Waals surface area contributed by atoms with Gasteiger partial charge in [-0.3, -0.25) is 9.59 Å². The number of nitrogens with zero attached hydrogens (tertiary/aromatic N) is 1. The summed E-state index contributed by atoms with van der Waals surface area (Å²) in [6.07, 6.45) is 3.13. The number of aromatic nitrogens is 1. The number of benzene rings is 1. The monoisotopic (exact) mass is 295 g/mol. The number of hydrogen-bond donors (Lipinski definition) is 2. The molecule has 22 heavy (non-hydrogen) atoms. The molecule has 0 fully saturated rings. The van der Waals surface area contributed by atoms with Crippen LogP contribution >= 0.6 is 0 Å². The number of ether oxygens (including phenoxy) is 1. The number of pyridine rings is 1. The molecule has 0 saturated heterocycles. The van der Waals surface area contributed by atoms with E-state index in [9.17, 15) is 9.59 Å². The van der Waals surface area contributed by atoms with Crippen LogP contribution in [-0.2, 0) is 9.59 Å². The molecule has 1 aromatic carbocycles. The molecule has 0 bridgehead atoms. The zero-order valence-corrected chi connectivity index (χ0v) is 11.6. The van der Waals surface area contributed by atoms with Crippen LogP contribution in [0.3, 0.4) is 0 Å². The second-order valence-electron chi connectivity index (χ2n) is 4.61. The number of carbonyl (C=O) groups excluding carboxylic acids is 2. The van der Waals surface area contributed by atoms with E-state index in [0.29, 0.717) is 17.4 Å². The van der Waals surface area contributed by atoms with Crippen molar-refractivity contribution in [2.75, 3.05) is 17.2 Å². The number of nitrogens with one attached hydrogen (secondary N) is 2. The van der Waals surface area contributed by atoms with Crippen LogP contribution in [0.15, 0.2) is 48.5 Å². The normalized spacial score (nSPS) is 13.2. The van der Waals surface area contributed by atoms with E-state index in [0.717, 1.165) is 5.56 Å². The zero-order chi connectivity index (χ0) is 15.4. The van der Waals surface area contributed by atoms with Gasteiger partial charge in [-0.05, 0) is 23.8 Å². The van der Waals surface area contributed by atoms with Gasteiger partial charge < -0.3 is 15.4 Å². The van der Waals surface area contributed by atoms with Crippen LogP contribution in [0.2, 0.25) is 0 Å². The molecule has 2 N–H and O–H groups in total. The third kappa shape index (κ3) is 3.29. The predicted molar refractivity (Wildman–Crippen MR) is 82.5 cm³/mol. The maximum absolute atomic E-state index is 11.9. The molecule has 0 saturated carbocycles. The Kier molecular flexibility index (Phi) is 3.82. The van der Waals surface area contributed by atoms with Crippen LogP contribution in [0.4, 0.5) is 11.6 Å². The van der Waals surface area contributed by atoms with Crippen molar-refractivity contribution in [3.8, 4) is 5.75 Å². The Labute approximate surface area is 126 Å². The smallest absolute Gasteiger partial charge is 0.263 e. The fraction of sp³-hybridized carbons (Fsp3) is 0.0625. The number of anilines is 2. The van der Waals surface area contributed by atoms with Crippen molar-refractivity contribution in [2.45, 2.75) is 0 Å². The third-order valence-electron chi connectivity index (χ3n) is 2.95. The lowest BCUT2D eigenvalue weighted by Gasteiger charge is -2.17. The first-order valence-corrected chi connectivity index (χ1v) is 6.68. The number of rotatable bonds is 3. The van der Waals surface area contributed by atoms with Crippen molar-refractivity contribution < 1.29 is 14.3 Å². The summed E-state index contributed by atoms with van der Waals surface area (Å²) in [5, 5.41) is 5.22. The molecule has 110 valence electrons. The lowest BCUT2D eigenvalue weighted by atomic mass is 10.2. The Morgan fingerprint density at radius 1 is 1.23 bits per heavy atom. The van der Waals surface area contributed by atoms with Crippen LogP contribution in [0.25, 0.3) is 6.08 Å². The summed E-state index contributed by atoms with van der Waals surface area (Å²) < 4.78 is 5.20. The Hall–Kier alpha value is -3.15. The van der Waals surface area contributed by atoms with Crippen molar-refractivity contribution in [1.82, 2.24) is 4.98 Å². The van der Waals surface area contributed by atoms with Gasteiger partial charge in [-0.2, -0.15) is 0 Å². The quantitative estimate of drug-likeness (QED) is 0.849. The Morgan fingerprint density at radius 3 is 2.86 bits per heavy atom. The average Bonchev–Trinajstić information content (AvgIpc) is 2.53. The number of hydrogen-bond acceptors (Lipinski definition) is 4. The van der Waals surface area contributed by atoms with Crippen LogP contribution < -0.4 is 15.4 Å². The second kappa shape index (κ2) is 6.09. The summed E-state index contributed by atoms with van der Waals surface area (Å²) in [7, 11) is 0. The molecule has 1 aliphatic rings. The van der Waals surface area contributed by atoms with Crippen LogP contribution in [0.1, 0.15) is 5.56 Å². The SMILES string of the molecule is O=C(/C=C/c1ccccc1)Nc1ccc2c(n1)NC(=O)CO2. The number of carbonyl (C=O) groups is 2. The Bertz CT molecular complexity index is 742. The molecular formula is C16H13N3O3. The summed E-state index contributed by atoms with van der Waals surface area (Å²) in [4.78, 5) is 27.2. The highest BCUT2D eigenvalue weighted by atomic mass is 16.5. The molecule has 0 unspecified atom stereocenters. The van der Waals surface area contributed by atoms with E-state index in [1.54, 1.807) is 18.2 Å². The van der Waals surface area contributed by atoms with E-state index in [2.05, 4.69) is 15.6 Å². The fourth-order valence-electron chi connectivity index (χ4n) is 1.94. The van der Waals surface area contributed by atoms with Crippen molar-refractivity contribution >= 4 is 29.5 Å².